The van der Waals surface area contributed by atoms with Crippen molar-refractivity contribution in [1.82, 2.24) is 20.1 Å². The Balaban J connectivity index is 1.54. The Morgan fingerprint density at radius 2 is 2.08 bits per heavy atom. The van der Waals surface area contributed by atoms with Crippen molar-refractivity contribution < 1.29 is 4.79 Å². The van der Waals surface area contributed by atoms with Crippen LogP contribution in [0.25, 0.3) is 0 Å². The van der Waals surface area contributed by atoms with Crippen molar-refractivity contribution in [2.45, 2.75) is 74.7 Å². The average Bonchev–Trinajstić information content (AvgIpc) is 3.37. The van der Waals surface area contributed by atoms with Gasteiger partial charge in [-0.15, -0.1) is 16.8 Å². The van der Waals surface area contributed by atoms with E-state index in [1.807, 2.05) is 13.0 Å². The van der Waals surface area contributed by atoms with E-state index in [2.05, 4.69) is 26.7 Å². The highest BCUT2D eigenvalue weighted by atomic mass is 32.2. The van der Waals surface area contributed by atoms with Gasteiger partial charge in [-0.3, -0.25) is 4.79 Å². The van der Waals surface area contributed by atoms with E-state index in [4.69, 9.17) is 0 Å². The first kappa shape index (κ1) is 17.5. The summed E-state index contributed by atoms with van der Waals surface area (Å²) in [5.74, 6) is 2.35. The van der Waals surface area contributed by atoms with Crippen LogP contribution in [0.4, 0.5) is 0 Å². The smallest absolute Gasteiger partial charge is 0.233 e. The Hall–Kier alpha value is -1.30. The molecule has 0 aromatic carbocycles. The van der Waals surface area contributed by atoms with Crippen molar-refractivity contribution in [1.29, 1.82) is 0 Å². The molecule has 1 N–H and O–H groups in total. The maximum atomic E-state index is 12.4. The predicted molar refractivity (Wildman–Crippen MR) is 97.1 cm³/mol. The van der Waals surface area contributed by atoms with Gasteiger partial charge in [0.1, 0.15) is 5.82 Å². The van der Waals surface area contributed by atoms with Gasteiger partial charge < -0.3 is 9.88 Å². The van der Waals surface area contributed by atoms with E-state index in [0.717, 1.165) is 17.5 Å². The molecule has 0 saturated heterocycles. The van der Waals surface area contributed by atoms with Crippen molar-refractivity contribution in [3.05, 3.63) is 18.5 Å². The summed E-state index contributed by atoms with van der Waals surface area (Å²) in [4.78, 5) is 12.4. The number of amides is 1. The van der Waals surface area contributed by atoms with E-state index in [-0.39, 0.29) is 11.2 Å². The average molecular weight is 349 g/mol. The summed E-state index contributed by atoms with van der Waals surface area (Å²) in [7, 11) is 0. The Kier molecular flexibility index (Phi) is 5.98. The number of hydrogen-bond donors (Lipinski definition) is 1. The topological polar surface area (TPSA) is 59.8 Å². The number of nitrogens with zero attached hydrogens (tertiary/aromatic N) is 3. The number of hydrogen-bond acceptors (Lipinski definition) is 4. The molecule has 3 rings (SSSR count). The lowest BCUT2D eigenvalue weighted by Gasteiger charge is -2.22. The minimum absolute atomic E-state index is 0.103. The number of allylic oxidation sites excluding steroid dienone is 1. The van der Waals surface area contributed by atoms with Crippen LogP contribution in [0.2, 0.25) is 0 Å². The molecule has 0 bridgehead atoms. The van der Waals surface area contributed by atoms with E-state index in [0.29, 0.717) is 18.4 Å². The lowest BCUT2D eigenvalue weighted by atomic mass is 9.89. The monoisotopic (exact) mass is 348 g/mol. The van der Waals surface area contributed by atoms with Crippen molar-refractivity contribution in [3.8, 4) is 0 Å². The second-order valence-corrected chi connectivity index (χ2v) is 8.33. The number of rotatable bonds is 8. The van der Waals surface area contributed by atoms with Crippen LogP contribution in [-0.4, -0.2) is 32.5 Å². The highest BCUT2D eigenvalue weighted by molar-refractivity contribution is 8.00. The number of aromatic nitrogens is 3. The van der Waals surface area contributed by atoms with Gasteiger partial charge in [-0.05, 0) is 38.5 Å². The SMILES string of the molecule is C=CCn1c(SC(C)C(=O)NCC2CCCCC2)nnc1C1CC1. The van der Waals surface area contributed by atoms with E-state index in [1.165, 1.54) is 56.7 Å². The summed E-state index contributed by atoms with van der Waals surface area (Å²) in [6.07, 6.45) is 10.7. The molecule has 0 radical (unpaired) electrons. The maximum Gasteiger partial charge on any atom is 0.233 e. The Bertz CT molecular complexity index is 576. The molecule has 1 amide bonds. The number of nitrogens with one attached hydrogen (secondary N) is 1. The molecule has 24 heavy (non-hydrogen) atoms. The summed E-state index contributed by atoms with van der Waals surface area (Å²) >= 11 is 1.50. The third-order valence-corrected chi connectivity index (χ3v) is 6.02. The van der Waals surface area contributed by atoms with Crippen LogP contribution in [-0.2, 0) is 11.3 Å². The van der Waals surface area contributed by atoms with Crippen molar-refractivity contribution in [2.75, 3.05) is 6.54 Å². The molecule has 2 saturated carbocycles. The first-order chi connectivity index (χ1) is 11.7. The number of carbonyl (C=O) groups is 1. The van der Waals surface area contributed by atoms with Gasteiger partial charge in [0.15, 0.2) is 5.16 Å². The zero-order valence-corrected chi connectivity index (χ0v) is 15.4. The van der Waals surface area contributed by atoms with Crippen molar-refractivity contribution in [3.63, 3.8) is 0 Å². The van der Waals surface area contributed by atoms with Gasteiger partial charge in [-0.1, -0.05) is 37.1 Å². The van der Waals surface area contributed by atoms with Crippen LogP contribution in [0.5, 0.6) is 0 Å². The number of thioether (sulfide) groups is 1. The lowest BCUT2D eigenvalue weighted by Crippen LogP contribution is -2.35. The van der Waals surface area contributed by atoms with Crippen LogP contribution in [0.1, 0.15) is 63.6 Å². The molecule has 5 nitrogen and oxygen atoms in total. The summed E-state index contributed by atoms with van der Waals surface area (Å²) < 4.78 is 2.11. The highest BCUT2D eigenvalue weighted by Crippen LogP contribution is 2.40. The fourth-order valence-electron chi connectivity index (χ4n) is 3.32. The Morgan fingerprint density at radius 3 is 2.75 bits per heavy atom. The van der Waals surface area contributed by atoms with Crippen LogP contribution >= 0.6 is 11.8 Å². The van der Waals surface area contributed by atoms with Crippen LogP contribution in [0, 0.1) is 5.92 Å². The zero-order chi connectivity index (χ0) is 16.9. The molecule has 1 aromatic heterocycles. The largest absolute Gasteiger partial charge is 0.355 e. The molecule has 1 unspecified atom stereocenters. The molecular weight excluding hydrogens is 320 g/mol. The predicted octanol–water partition coefficient (Wildman–Crippen LogP) is 3.52. The molecule has 0 spiro atoms. The van der Waals surface area contributed by atoms with E-state index >= 15 is 0 Å². The van der Waals surface area contributed by atoms with E-state index in [1.54, 1.807) is 0 Å². The second-order valence-electron chi connectivity index (χ2n) is 7.02. The Morgan fingerprint density at radius 1 is 1.33 bits per heavy atom. The van der Waals surface area contributed by atoms with E-state index in [9.17, 15) is 4.79 Å². The van der Waals surface area contributed by atoms with Crippen LogP contribution in [0.3, 0.4) is 0 Å². The first-order valence-electron chi connectivity index (χ1n) is 9.17. The molecule has 1 atom stereocenters. The van der Waals surface area contributed by atoms with Crippen molar-refractivity contribution in [2.24, 2.45) is 5.92 Å². The minimum atomic E-state index is -0.159. The standard InChI is InChI=1S/C18H28N4OS/c1-3-11-22-16(15-9-10-15)20-21-18(22)24-13(2)17(23)19-12-14-7-5-4-6-8-14/h3,13-15H,1,4-12H2,2H3,(H,19,23). The Labute approximate surface area is 148 Å². The quantitative estimate of drug-likeness (QED) is 0.577. The van der Waals surface area contributed by atoms with Crippen molar-refractivity contribution >= 4 is 17.7 Å². The molecule has 132 valence electrons. The fourth-order valence-corrected chi connectivity index (χ4v) is 4.21. The van der Waals surface area contributed by atoms with Gasteiger partial charge in [0.05, 0.1) is 5.25 Å². The summed E-state index contributed by atoms with van der Waals surface area (Å²) in [5.41, 5.74) is 0. The molecule has 2 aliphatic carbocycles. The highest BCUT2D eigenvalue weighted by Gasteiger charge is 2.31. The molecule has 6 heteroatoms. The second kappa shape index (κ2) is 8.19. The van der Waals surface area contributed by atoms with Gasteiger partial charge in [-0.2, -0.15) is 0 Å². The molecular formula is C18H28N4OS. The third-order valence-electron chi connectivity index (χ3n) is 4.94. The van der Waals surface area contributed by atoms with Crippen LogP contribution in [0.15, 0.2) is 17.8 Å². The molecule has 1 heterocycles. The molecule has 1 aromatic rings. The minimum Gasteiger partial charge on any atom is -0.355 e. The van der Waals surface area contributed by atoms with Gasteiger partial charge >= 0.3 is 0 Å². The van der Waals surface area contributed by atoms with E-state index < -0.39 is 0 Å². The molecule has 2 fully saturated rings. The van der Waals surface area contributed by atoms with Gasteiger partial charge in [0, 0.05) is 19.0 Å². The first-order valence-corrected chi connectivity index (χ1v) is 10.1. The zero-order valence-electron chi connectivity index (χ0n) is 14.5. The summed E-state index contributed by atoms with van der Waals surface area (Å²) in [6, 6.07) is 0. The van der Waals surface area contributed by atoms with Gasteiger partial charge in [0.2, 0.25) is 5.91 Å². The van der Waals surface area contributed by atoms with Gasteiger partial charge in [-0.25, -0.2) is 0 Å². The molecule has 0 aliphatic heterocycles. The normalized spacial score (nSPS) is 19.9. The molecule has 2 aliphatic rings. The lowest BCUT2D eigenvalue weighted by molar-refractivity contribution is -0.120. The fraction of sp³-hybridized carbons (Fsp3) is 0.722. The van der Waals surface area contributed by atoms with Crippen LogP contribution < -0.4 is 5.32 Å². The van der Waals surface area contributed by atoms with Gasteiger partial charge in [0.25, 0.3) is 0 Å². The maximum absolute atomic E-state index is 12.4. The number of carbonyl (C=O) groups excluding carboxylic acids is 1. The summed E-state index contributed by atoms with van der Waals surface area (Å²) in [5, 5.41) is 12.5. The summed E-state index contributed by atoms with van der Waals surface area (Å²) in [6.45, 7) is 7.30. The third kappa shape index (κ3) is 4.41.